The number of carbonyl (C=O) groups is 1. The van der Waals surface area contributed by atoms with Crippen molar-refractivity contribution in [2.45, 2.75) is 52.6 Å². The van der Waals surface area contributed by atoms with Crippen molar-refractivity contribution in [1.82, 2.24) is 5.32 Å². The van der Waals surface area contributed by atoms with Crippen molar-refractivity contribution in [3.05, 3.63) is 29.3 Å². The molecule has 0 radical (unpaired) electrons. The molecule has 0 bridgehead atoms. The normalized spacial score (nSPS) is 21.2. The number of piperazine rings is 1. The second-order valence-electron chi connectivity index (χ2n) is 6.77. The largest absolute Gasteiger partial charge is 0.355 e. The van der Waals surface area contributed by atoms with Gasteiger partial charge in [0.2, 0.25) is 5.91 Å². The third-order valence-electron chi connectivity index (χ3n) is 3.89. The summed E-state index contributed by atoms with van der Waals surface area (Å²) in [6, 6.07) is 6.41. The van der Waals surface area contributed by atoms with Gasteiger partial charge < -0.3 is 10.2 Å². The fourth-order valence-electron chi connectivity index (χ4n) is 2.61. The summed E-state index contributed by atoms with van der Waals surface area (Å²) in [5, 5.41) is 3.10. The lowest BCUT2D eigenvalue weighted by Gasteiger charge is -2.50. The quantitative estimate of drug-likeness (QED) is 0.842. The van der Waals surface area contributed by atoms with Gasteiger partial charge in [-0.25, -0.2) is 0 Å². The Morgan fingerprint density at radius 3 is 2.42 bits per heavy atom. The third kappa shape index (κ3) is 2.46. The first-order chi connectivity index (χ1) is 8.63. The fraction of sp³-hybridized carbons (Fsp3) is 0.562. The number of carbonyl (C=O) groups excluding carboxylic acids is 1. The second-order valence-corrected chi connectivity index (χ2v) is 6.77. The summed E-state index contributed by atoms with van der Waals surface area (Å²) in [7, 11) is 0. The van der Waals surface area contributed by atoms with Gasteiger partial charge in [0.25, 0.3) is 0 Å². The molecule has 104 valence electrons. The molecule has 1 aliphatic heterocycles. The number of benzene rings is 1. The van der Waals surface area contributed by atoms with E-state index in [9.17, 15) is 4.79 Å². The van der Waals surface area contributed by atoms with Crippen molar-refractivity contribution in [3.8, 4) is 0 Å². The predicted molar refractivity (Wildman–Crippen MR) is 79.6 cm³/mol. The molecule has 0 spiro atoms. The lowest BCUT2D eigenvalue weighted by atomic mass is 9.89. The van der Waals surface area contributed by atoms with Crippen molar-refractivity contribution in [1.29, 1.82) is 0 Å². The first-order valence-electron chi connectivity index (χ1n) is 6.81. The molecule has 0 atom stereocenters. The Morgan fingerprint density at radius 1 is 1.16 bits per heavy atom. The molecule has 1 N–H and O–H groups in total. The number of amides is 1. The molecule has 1 saturated heterocycles. The highest BCUT2D eigenvalue weighted by molar-refractivity contribution is 5.91. The van der Waals surface area contributed by atoms with Crippen molar-refractivity contribution in [3.63, 3.8) is 0 Å². The van der Waals surface area contributed by atoms with Gasteiger partial charge in [-0.2, -0.15) is 0 Å². The number of aryl methyl sites for hydroxylation is 2. The summed E-state index contributed by atoms with van der Waals surface area (Å²) < 4.78 is 0. The molecular formula is C16H24N2O. The number of hydrogen-bond acceptors (Lipinski definition) is 2. The smallest absolute Gasteiger partial charge is 0.245 e. The molecule has 1 amide bonds. The van der Waals surface area contributed by atoms with Gasteiger partial charge in [-0.15, -0.1) is 0 Å². The molecular weight excluding hydrogens is 236 g/mol. The maximum absolute atomic E-state index is 12.4. The van der Waals surface area contributed by atoms with Crippen LogP contribution < -0.4 is 10.2 Å². The molecule has 19 heavy (non-hydrogen) atoms. The van der Waals surface area contributed by atoms with E-state index in [1.165, 1.54) is 11.1 Å². The SMILES string of the molecule is Cc1ccc(C)c(N2CC(C)(C)NC(=O)C2(C)C)c1. The van der Waals surface area contributed by atoms with Crippen molar-refractivity contribution >= 4 is 11.6 Å². The van der Waals surface area contributed by atoms with Crippen molar-refractivity contribution < 1.29 is 4.79 Å². The van der Waals surface area contributed by atoms with Gasteiger partial charge in [0.15, 0.2) is 0 Å². The average Bonchev–Trinajstić information content (AvgIpc) is 2.27. The zero-order chi connectivity index (χ0) is 14.4. The Labute approximate surface area is 116 Å². The van der Waals surface area contributed by atoms with Gasteiger partial charge in [-0.3, -0.25) is 4.79 Å². The summed E-state index contributed by atoms with van der Waals surface area (Å²) in [4.78, 5) is 14.6. The van der Waals surface area contributed by atoms with E-state index in [1.54, 1.807) is 0 Å². The summed E-state index contributed by atoms with van der Waals surface area (Å²) in [6.07, 6.45) is 0. The maximum Gasteiger partial charge on any atom is 0.245 e. The van der Waals surface area contributed by atoms with Crippen molar-refractivity contribution in [2.75, 3.05) is 11.4 Å². The average molecular weight is 260 g/mol. The van der Waals surface area contributed by atoms with Crippen LogP contribution in [0.4, 0.5) is 5.69 Å². The molecule has 1 fully saturated rings. The minimum atomic E-state index is -0.520. The Bertz CT molecular complexity index is 517. The van der Waals surface area contributed by atoms with Crippen LogP contribution in [0, 0.1) is 13.8 Å². The van der Waals surface area contributed by atoms with E-state index < -0.39 is 5.54 Å². The minimum Gasteiger partial charge on any atom is -0.355 e. The van der Waals surface area contributed by atoms with E-state index in [0.29, 0.717) is 0 Å². The highest BCUT2D eigenvalue weighted by atomic mass is 16.2. The summed E-state index contributed by atoms with van der Waals surface area (Å²) >= 11 is 0. The zero-order valence-electron chi connectivity index (χ0n) is 12.8. The van der Waals surface area contributed by atoms with Crippen LogP contribution in [-0.4, -0.2) is 23.5 Å². The van der Waals surface area contributed by atoms with Crippen LogP contribution in [0.15, 0.2) is 18.2 Å². The number of anilines is 1. The van der Waals surface area contributed by atoms with E-state index in [0.717, 1.165) is 12.2 Å². The van der Waals surface area contributed by atoms with Crippen LogP contribution in [0.1, 0.15) is 38.8 Å². The number of nitrogens with one attached hydrogen (secondary N) is 1. The zero-order valence-corrected chi connectivity index (χ0v) is 12.8. The van der Waals surface area contributed by atoms with Crippen molar-refractivity contribution in [2.24, 2.45) is 0 Å². The molecule has 3 nitrogen and oxygen atoms in total. The molecule has 0 aliphatic carbocycles. The Kier molecular flexibility index (Phi) is 3.12. The van der Waals surface area contributed by atoms with Crippen LogP contribution in [0.5, 0.6) is 0 Å². The Morgan fingerprint density at radius 2 is 1.79 bits per heavy atom. The molecule has 1 aromatic carbocycles. The Balaban J connectivity index is 2.51. The molecule has 0 saturated carbocycles. The third-order valence-corrected chi connectivity index (χ3v) is 3.89. The molecule has 0 aromatic heterocycles. The topological polar surface area (TPSA) is 32.3 Å². The van der Waals surface area contributed by atoms with Crippen LogP contribution >= 0.6 is 0 Å². The van der Waals surface area contributed by atoms with Gasteiger partial charge in [0.1, 0.15) is 5.54 Å². The molecule has 2 rings (SSSR count). The minimum absolute atomic E-state index is 0.0876. The summed E-state index contributed by atoms with van der Waals surface area (Å²) in [5.41, 5.74) is 2.87. The van der Waals surface area contributed by atoms with Gasteiger partial charge in [0, 0.05) is 12.2 Å². The lowest BCUT2D eigenvalue weighted by Crippen LogP contribution is -2.69. The van der Waals surface area contributed by atoms with E-state index in [4.69, 9.17) is 0 Å². The monoisotopic (exact) mass is 260 g/mol. The van der Waals surface area contributed by atoms with E-state index in [1.807, 2.05) is 13.8 Å². The molecule has 1 aliphatic rings. The van der Waals surface area contributed by atoms with Gasteiger partial charge in [-0.05, 0) is 58.7 Å². The summed E-state index contributed by atoms with van der Waals surface area (Å²) in [6.45, 7) is 13.1. The second kappa shape index (κ2) is 4.26. The predicted octanol–water partition coefficient (Wildman–Crippen LogP) is 2.80. The van der Waals surface area contributed by atoms with Gasteiger partial charge >= 0.3 is 0 Å². The van der Waals surface area contributed by atoms with Crippen LogP contribution in [0.3, 0.4) is 0 Å². The molecule has 3 heteroatoms. The summed E-state index contributed by atoms with van der Waals surface area (Å²) in [5.74, 6) is 0.0876. The lowest BCUT2D eigenvalue weighted by molar-refractivity contribution is -0.128. The van der Waals surface area contributed by atoms with E-state index in [-0.39, 0.29) is 11.4 Å². The first-order valence-corrected chi connectivity index (χ1v) is 6.81. The first kappa shape index (κ1) is 13.9. The van der Waals surface area contributed by atoms with E-state index in [2.05, 4.69) is 56.1 Å². The number of rotatable bonds is 1. The van der Waals surface area contributed by atoms with Crippen LogP contribution in [0.2, 0.25) is 0 Å². The van der Waals surface area contributed by atoms with E-state index >= 15 is 0 Å². The molecule has 1 aromatic rings. The van der Waals surface area contributed by atoms with Gasteiger partial charge in [0.05, 0.1) is 5.54 Å². The molecule has 1 heterocycles. The van der Waals surface area contributed by atoms with Gasteiger partial charge in [-0.1, -0.05) is 12.1 Å². The fourth-order valence-corrected chi connectivity index (χ4v) is 2.61. The highest BCUT2D eigenvalue weighted by Gasteiger charge is 2.44. The maximum atomic E-state index is 12.4. The number of nitrogens with zero attached hydrogens (tertiary/aromatic N) is 1. The molecule has 0 unspecified atom stereocenters. The Hall–Kier alpha value is -1.51. The van der Waals surface area contributed by atoms with Crippen LogP contribution in [-0.2, 0) is 4.79 Å². The standard InChI is InChI=1S/C16H24N2O/c1-11-7-8-12(2)13(9-11)18-10-15(3,4)17-14(19)16(18,5)6/h7-9H,10H2,1-6H3,(H,17,19). The number of hydrogen-bond donors (Lipinski definition) is 1. The highest BCUT2D eigenvalue weighted by Crippen LogP contribution is 2.33. The van der Waals surface area contributed by atoms with Crippen LogP contribution in [0.25, 0.3) is 0 Å².